The van der Waals surface area contributed by atoms with E-state index in [1.54, 1.807) is 0 Å². The predicted octanol–water partition coefficient (Wildman–Crippen LogP) is 2.10. The Balaban J connectivity index is 3.35. The molecule has 0 aromatic heterocycles. The monoisotopic (exact) mass is 207 g/mol. The maximum atomic E-state index is 9.53. The van der Waals surface area contributed by atoms with Crippen LogP contribution in [0.3, 0.4) is 0 Å². The van der Waals surface area contributed by atoms with Gasteiger partial charge in [0, 0.05) is 12.4 Å². The highest BCUT2D eigenvalue weighted by atomic mass is 35.5. The van der Waals surface area contributed by atoms with E-state index < -0.39 is 5.60 Å². The minimum Gasteiger partial charge on any atom is -0.389 e. The second-order valence-corrected chi connectivity index (χ2v) is 4.68. The summed E-state index contributed by atoms with van der Waals surface area (Å²) in [5.41, 5.74) is -0.582. The number of likely N-dealkylation sites (N-methyl/N-ethyl adjacent to an activating group) is 1. The van der Waals surface area contributed by atoms with Crippen molar-refractivity contribution in [2.75, 3.05) is 26.0 Å². The topological polar surface area (TPSA) is 23.5 Å². The van der Waals surface area contributed by atoms with Crippen LogP contribution < -0.4 is 0 Å². The molecular weight excluding hydrogens is 186 g/mol. The molecule has 0 aromatic rings. The molecule has 0 bridgehead atoms. The van der Waals surface area contributed by atoms with Crippen molar-refractivity contribution >= 4 is 11.6 Å². The molecule has 0 unspecified atom stereocenters. The van der Waals surface area contributed by atoms with Crippen molar-refractivity contribution in [3.05, 3.63) is 0 Å². The quantitative estimate of drug-likeness (QED) is 0.511. The van der Waals surface area contributed by atoms with Crippen molar-refractivity contribution in [2.45, 2.75) is 38.7 Å². The van der Waals surface area contributed by atoms with Gasteiger partial charge in [-0.15, -0.1) is 11.6 Å². The molecule has 1 N–H and O–H groups in total. The first-order chi connectivity index (χ1) is 5.95. The van der Waals surface area contributed by atoms with Gasteiger partial charge in [-0.25, -0.2) is 0 Å². The zero-order valence-electron chi connectivity index (χ0n) is 9.02. The lowest BCUT2D eigenvalue weighted by atomic mass is 10.1. The first-order valence-electron chi connectivity index (χ1n) is 4.92. The summed E-state index contributed by atoms with van der Waals surface area (Å²) in [6.45, 7) is 5.44. The van der Waals surface area contributed by atoms with E-state index in [1.165, 1.54) is 12.8 Å². The molecular formula is C10H22ClNO. The van der Waals surface area contributed by atoms with Crippen LogP contribution in [0.1, 0.15) is 33.1 Å². The van der Waals surface area contributed by atoms with Crippen LogP contribution in [0, 0.1) is 0 Å². The van der Waals surface area contributed by atoms with E-state index in [0.29, 0.717) is 0 Å². The molecule has 2 nitrogen and oxygen atoms in total. The number of aliphatic hydroxyl groups is 1. The number of alkyl halides is 1. The van der Waals surface area contributed by atoms with E-state index in [0.717, 1.165) is 25.4 Å². The highest BCUT2D eigenvalue weighted by Crippen LogP contribution is 2.05. The van der Waals surface area contributed by atoms with Crippen LogP contribution in [0.5, 0.6) is 0 Å². The van der Waals surface area contributed by atoms with Gasteiger partial charge in [0.25, 0.3) is 0 Å². The van der Waals surface area contributed by atoms with Gasteiger partial charge in [-0.3, -0.25) is 0 Å². The minimum atomic E-state index is -0.582. The molecule has 0 atom stereocenters. The Morgan fingerprint density at radius 2 is 1.85 bits per heavy atom. The van der Waals surface area contributed by atoms with E-state index in [2.05, 4.69) is 4.90 Å². The Hall–Kier alpha value is 0.210. The van der Waals surface area contributed by atoms with Crippen LogP contribution in [-0.2, 0) is 0 Å². The van der Waals surface area contributed by atoms with Crippen molar-refractivity contribution in [1.82, 2.24) is 4.90 Å². The van der Waals surface area contributed by atoms with Crippen molar-refractivity contribution in [3.8, 4) is 0 Å². The molecule has 3 heteroatoms. The molecule has 0 aliphatic rings. The largest absolute Gasteiger partial charge is 0.389 e. The highest BCUT2D eigenvalue weighted by Gasteiger charge is 2.14. The van der Waals surface area contributed by atoms with Crippen LogP contribution in [0.2, 0.25) is 0 Å². The van der Waals surface area contributed by atoms with Crippen molar-refractivity contribution in [2.24, 2.45) is 0 Å². The van der Waals surface area contributed by atoms with Crippen LogP contribution >= 0.6 is 11.6 Å². The maximum absolute atomic E-state index is 9.53. The molecule has 0 radical (unpaired) electrons. The number of halogens is 1. The zero-order valence-corrected chi connectivity index (χ0v) is 9.77. The van der Waals surface area contributed by atoms with Crippen LogP contribution in [0.4, 0.5) is 0 Å². The Bertz CT molecular complexity index is 123. The Labute approximate surface area is 86.9 Å². The number of nitrogens with zero attached hydrogens (tertiary/aromatic N) is 1. The number of hydrogen-bond acceptors (Lipinski definition) is 2. The molecule has 0 rings (SSSR count). The second-order valence-electron chi connectivity index (χ2n) is 4.30. The minimum absolute atomic E-state index is 0.582. The van der Waals surface area contributed by atoms with Gasteiger partial charge in [-0.2, -0.15) is 0 Å². The van der Waals surface area contributed by atoms with Gasteiger partial charge in [-0.1, -0.05) is 6.42 Å². The van der Waals surface area contributed by atoms with Crippen LogP contribution in [-0.4, -0.2) is 41.6 Å². The molecule has 0 aliphatic heterocycles. The summed E-state index contributed by atoms with van der Waals surface area (Å²) in [6, 6.07) is 0. The second kappa shape index (κ2) is 6.63. The zero-order chi connectivity index (χ0) is 10.3. The molecule has 0 heterocycles. The van der Waals surface area contributed by atoms with Crippen LogP contribution in [0.15, 0.2) is 0 Å². The predicted molar refractivity (Wildman–Crippen MR) is 58.4 cm³/mol. The van der Waals surface area contributed by atoms with E-state index in [9.17, 15) is 5.11 Å². The fourth-order valence-electron chi connectivity index (χ4n) is 1.39. The lowest BCUT2D eigenvalue weighted by molar-refractivity contribution is 0.0442. The summed E-state index contributed by atoms with van der Waals surface area (Å²) in [4.78, 5) is 2.16. The molecule has 0 aliphatic carbocycles. The molecule has 0 fully saturated rings. The summed E-state index contributed by atoms with van der Waals surface area (Å²) in [5.74, 6) is 0.759. The molecule has 80 valence electrons. The normalized spacial score (nSPS) is 12.5. The van der Waals surface area contributed by atoms with E-state index in [-0.39, 0.29) is 0 Å². The molecule has 0 aromatic carbocycles. The molecule has 0 spiro atoms. The number of hydrogen-bond donors (Lipinski definition) is 1. The first kappa shape index (κ1) is 13.2. The SMILES string of the molecule is CN(CCCCCCl)CC(C)(C)O. The average molecular weight is 208 g/mol. The van der Waals surface area contributed by atoms with Gasteiger partial charge < -0.3 is 10.0 Å². The average Bonchev–Trinajstić information content (AvgIpc) is 1.94. The summed E-state index contributed by atoms with van der Waals surface area (Å²) < 4.78 is 0. The molecule has 0 saturated carbocycles. The van der Waals surface area contributed by atoms with Gasteiger partial charge in [-0.05, 0) is 40.3 Å². The third kappa shape index (κ3) is 10.1. The van der Waals surface area contributed by atoms with Gasteiger partial charge in [0.05, 0.1) is 5.60 Å². The van der Waals surface area contributed by atoms with Gasteiger partial charge >= 0.3 is 0 Å². The maximum Gasteiger partial charge on any atom is 0.0718 e. The first-order valence-corrected chi connectivity index (χ1v) is 5.46. The summed E-state index contributed by atoms with van der Waals surface area (Å²) in [5, 5.41) is 9.53. The third-order valence-electron chi connectivity index (χ3n) is 1.83. The fourth-order valence-corrected chi connectivity index (χ4v) is 1.58. The summed E-state index contributed by atoms with van der Waals surface area (Å²) in [7, 11) is 2.04. The Kier molecular flexibility index (Phi) is 6.74. The summed E-state index contributed by atoms with van der Waals surface area (Å²) in [6.07, 6.45) is 3.44. The lowest BCUT2D eigenvalue weighted by Gasteiger charge is -2.25. The van der Waals surface area contributed by atoms with Crippen molar-refractivity contribution < 1.29 is 5.11 Å². The third-order valence-corrected chi connectivity index (χ3v) is 2.10. The lowest BCUT2D eigenvalue weighted by Crippen LogP contribution is -2.36. The van der Waals surface area contributed by atoms with E-state index in [1.807, 2.05) is 20.9 Å². The van der Waals surface area contributed by atoms with Gasteiger partial charge in [0.1, 0.15) is 0 Å². The highest BCUT2D eigenvalue weighted by molar-refractivity contribution is 6.17. The summed E-state index contributed by atoms with van der Waals surface area (Å²) >= 11 is 5.57. The Morgan fingerprint density at radius 1 is 1.23 bits per heavy atom. The van der Waals surface area contributed by atoms with Gasteiger partial charge in [0.15, 0.2) is 0 Å². The molecule has 0 saturated heterocycles. The standard InChI is InChI=1S/C10H22ClNO/c1-10(2,13)9-12(3)8-6-4-5-7-11/h13H,4-9H2,1-3H3. The fraction of sp³-hybridized carbons (Fsp3) is 1.00. The van der Waals surface area contributed by atoms with Crippen LogP contribution in [0.25, 0.3) is 0 Å². The van der Waals surface area contributed by atoms with Crippen molar-refractivity contribution in [3.63, 3.8) is 0 Å². The van der Waals surface area contributed by atoms with Gasteiger partial charge in [0.2, 0.25) is 0 Å². The number of unbranched alkanes of at least 4 members (excludes halogenated alkanes) is 2. The number of rotatable bonds is 7. The smallest absolute Gasteiger partial charge is 0.0718 e. The van der Waals surface area contributed by atoms with E-state index >= 15 is 0 Å². The van der Waals surface area contributed by atoms with E-state index in [4.69, 9.17) is 11.6 Å². The molecule has 13 heavy (non-hydrogen) atoms. The molecule has 0 amide bonds. The Morgan fingerprint density at radius 3 is 2.31 bits per heavy atom. The van der Waals surface area contributed by atoms with Crippen molar-refractivity contribution in [1.29, 1.82) is 0 Å².